The van der Waals surface area contributed by atoms with E-state index >= 15 is 0 Å². The molecule has 3 amide bonds. The summed E-state index contributed by atoms with van der Waals surface area (Å²) in [5.41, 5.74) is 4.99. The third-order valence-electron chi connectivity index (χ3n) is 3.15. The molecule has 7 heteroatoms. The molecule has 114 valence electrons. The van der Waals surface area contributed by atoms with Gasteiger partial charge in [-0.15, -0.1) is 0 Å². The molecule has 2 unspecified atom stereocenters. The Morgan fingerprint density at radius 2 is 2.05 bits per heavy atom. The minimum atomic E-state index is -0.635. The van der Waals surface area contributed by atoms with E-state index in [1.54, 1.807) is 0 Å². The quantitative estimate of drug-likeness (QED) is 0.474. The summed E-state index contributed by atoms with van der Waals surface area (Å²) in [6.07, 6.45) is 2.26. The Kier molecular flexibility index (Phi) is 6.44. The zero-order valence-corrected chi connectivity index (χ0v) is 12.1. The monoisotopic (exact) mass is 284 g/mol. The van der Waals surface area contributed by atoms with E-state index in [0.717, 1.165) is 19.4 Å². The first-order valence-corrected chi connectivity index (χ1v) is 7.00. The van der Waals surface area contributed by atoms with Crippen LogP contribution >= 0.6 is 0 Å². The third kappa shape index (κ3) is 5.56. The molecule has 7 nitrogen and oxygen atoms in total. The molecule has 0 bridgehead atoms. The lowest BCUT2D eigenvalue weighted by atomic mass is 10.0. The molecule has 1 aliphatic rings. The maximum atomic E-state index is 12.0. The second kappa shape index (κ2) is 7.84. The standard InChI is InChI=1S/C13H24N4O3/c1-8(2)6-10(12(19)16-7-11(14)18)17-13(20)9-4-3-5-15-9/h8-10,15H,3-7H2,1-2H3,(H2,14,18)(H,16,19)(H,17,20). The van der Waals surface area contributed by atoms with Crippen LogP contribution < -0.4 is 21.7 Å². The molecule has 1 saturated heterocycles. The highest BCUT2D eigenvalue weighted by Gasteiger charge is 2.27. The summed E-state index contributed by atoms with van der Waals surface area (Å²) in [6.45, 7) is 4.54. The van der Waals surface area contributed by atoms with Gasteiger partial charge >= 0.3 is 0 Å². The average Bonchev–Trinajstić information content (AvgIpc) is 2.88. The molecule has 0 saturated carbocycles. The molecule has 1 rings (SSSR count). The molecule has 0 aromatic carbocycles. The van der Waals surface area contributed by atoms with Crippen molar-refractivity contribution in [3.05, 3.63) is 0 Å². The summed E-state index contributed by atoms with van der Waals surface area (Å²) < 4.78 is 0. The minimum Gasteiger partial charge on any atom is -0.368 e. The van der Waals surface area contributed by atoms with Crippen LogP contribution in [-0.2, 0) is 14.4 Å². The lowest BCUT2D eigenvalue weighted by Crippen LogP contribution is -2.52. The molecule has 0 radical (unpaired) electrons. The fraction of sp³-hybridized carbons (Fsp3) is 0.769. The zero-order chi connectivity index (χ0) is 15.1. The van der Waals surface area contributed by atoms with Gasteiger partial charge in [-0.05, 0) is 31.7 Å². The fourth-order valence-electron chi connectivity index (χ4n) is 2.18. The lowest BCUT2D eigenvalue weighted by Gasteiger charge is -2.21. The van der Waals surface area contributed by atoms with Gasteiger partial charge < -0.3 is 21.7 Å². The van der Waals surface area contributed by atoms with Crippen LogP contribution in [0.4, 0.5) is 0 Å². The Bertz CT molecular complexity index is 365. The Hall–Kier alpha value is -1.63. The van der Waals surface area contributed by atoms with Crippen LogP contribution in [-0.4, -0.2) is 42.9 Å². The topological polar surface area (TPSA) is 113 Å². The van der Waals surface area contributed by atoms with Gasteiger partial charge in [-0.2, -0.15) is 0 Å². The summed E-state index contributed by atoms with van der Waals surface area (Å²) in [7, 11) is 0. The molecule has 0 spiro atoms. The Balaban J connectivity index is 2.55. The van der Waals surface area contributed by atoms with Crippen LogP contribution in [0.15, 0.2) is 0 Å². The fourth-order valence-corrected chi connectivity index (χ4v) is 2.18. The number of primary amides is 1. The highest BCUT2D eigenvalue weighted by atomic mass is 16.2. The van der Waals surface area contributed by atoms with Gasteiger partial charge in [0.1, 0.15) is 6.04 Å². The van der Waals surface area contributed by atoms with Gasteiger partial charge in [-0.3, -0.25) is 14.4 Å². The smallest absolute Gasteiger partial charge is 0.243 e. The van der Waals surface area contributed by atoms with Crippen LogP contribution in [0.25, 0.3) is 0 Å². The number of hydrogen-bond donors (Lipinski definition) is 4. The molecule has 0 aromatic heterocycles. The summed E-state index contributed by atoms with van der Waals surface area (Å²) >= 11 is 0. The van der Waals surface area contributed by atoms with Crippen molar-refractivity contribution in [3.8, 4) is 0 Å². The highest BCUT2D eigenvalue weighted by molar-refractivity contribution is 5.91. The van der Waals surface area contributed by atoms with E-state index in [1.165, 1.54) is 0 Å². The van der Waals surface area contributed by atoms with E-state index in [4.69, 9.17) is 5.73 Å². The van der Waals surface area contributed by atoms with E-state index in [0.29, 0.717) is 6.42 Å². The zero-order valence-electron chi connectivity index (χ0n) is 12.1. The minimum absolute atomic E-state index is 0.164. The number of hydrogen-bond acceptors (Lipinski definition) is 4. The maximum absolute atomic E-state index is 12.0. The van der Waals surface area contributed by atoms with Crippen molar-refractivity contribution in [1.29, 1.82) is 0 Å². The predicted octanol–water partition coefficient (Wildman–Crippen LogP) is -1.13. The maximum Gasteiger partial charge on any atom is 0.243 e. The number of nitrogens with one attached hydrogen (secondary N) is 3. The molecule has 20 heavy (non-hydrogen) atoms. The van der Waals surface area contributed by atoms with E-state index in [2.05, 4.69) is 16.0 Å². The number of nitrogens with two attached hydrogens (primary N) is 1. The first kappa shape index (κ1) is 16.4. The molecule has 1 heterocycles. The van der Waals surface area contributed by atoms with Crippen molar-refractivity contribution < 1.29 is 14.4 Å². The number of rotatable bonds is 7. The number of carbonyl (C=O) groups excluding carboxylic acids is 3. The van der Waals surface area contributed by atoms with E-state index in [1.807, 2.05) is 13.8 Å². The van der Waals surface area contributed by atoms with Crippen LogP contribution in [0.1, 0.15) is 33.1 Å². The summed E-state index contributed by atoms with van der Waals surface area (Å²) in [5, 5.41) is 8.27. The second-order valence-corrected chi connectivity index (χ2v) is 5.52. The molecule has 2 atom stereocenters. The van der Waals surface area contributed by atoms with Crippen LogP contribution in [0.3, 0.4) is 0 Å². The average molecular weight is 284 g/mol. The molecule has 5 N–H and O–H groups in total. The highest BCUT2D eigenvalue weighted by Crippen LogP contribution is 2.08. The molecular formula is C13H24N4O3. The van der Waals surface area contributed by atoms with Crippen molar-refractivity contribution in [2.75, 3.05) is 13.1 Å². The summed E-state index contributed by atoms with van der Waals surface area (Å²) in [6, 6.07) is -0.863. The molecular weight excluding hydrogens is 260 g/mol. The van der Waals surface area contributed by atoms with Crippen molar-refractivity contribution in [1.82, 2.24) is 16.0 Å². The third-order valence-corrected chi connectivity index (χ3v) is 3.15. The first-order valence-electron chi connectivity index (χ1n) is 7.00. The van der Waals surface area contributed by atoms with Crippen LogP contribution in [0.2, 0.25) is 0 Å². The number of carbonyl (C=O) groups is 3. The summed E-state index contributed by atoms with van der Waals surface area (Å²) in [4.78, 5) is 34.7. The lowest BCUT2D eigenvalue weighted by molar-refractivity contribution is -0.131. The SMILES string of the molecule is CC(C)CC(NC(=O)C1CCCN1)C(=O)NCC(N)=O. The first-order chi connectivity index (χ1) is 9.40. The normalized spacial score (nSPS) is 19.6. The van der Waals surface area contributed by atoms with Gasteiger partial charge in [0.25, 0.3) is 0 Å². The second-order valence-electron chi connectivity index (χ2n) is 5.52. The number of amides is 3. The van der Waals surface area contributed by atoms with Gasteiger partial charge in [0, 0.05) is 0 Å². The Labute approximate surface area is 119 Å². The molecule has 1 fully saturated rings. The van der Waals surface area contributed by atoms with Gasteiger partial charge in [0.2, 0.25) is 17.7 Å². The van der Waals surface area contributed by atoms with E-state index < -0.39 is 11.9 Å². The van der Waals surface area contributed by atoms with Gasteiger partial charge in [0.05, 0.1) is 12.6 Å². The Morgan fingerprint density at radius 1 is 1.35 bits per heavy atom. The van der Waals surface area contributed by atoms with Gasteiger partial charge in [-0.1, -0.05) is 13.8 Å². The van der Waals surface area contributed by atoms with E-state index in [9.17, 15) is 14.4 Å². The van der Waals surface area contributed by atoms with E-state index in [-0.39, 0.29) is 30.3 Å². The van der Waals surface area contributed by atoms with Gasteiger partial charge in [-0.25, -0.2) is 0 Å². The van der Waals surface area contributed by atoms with Crippen molar-refractivity contribution >= 4 is 17.7 Å². The van der Waals surface area contributed by atoms with Gasteiger partial charge in [0.15, 0.2) is 0 Å². The van der Waals surface area contributed by atoms with Crippen LogP contribution in [0.5, 0.6) is 0 Å². The molecule has 0 aliphatic carbocycles. The van der Waals surface area contributed by atoms with Crippen LogP contribution in [0, 0.1) is 5.92 Å². The predicted molar refractivity (Wildman–Crippen MR) is 74.6 cm³/mol. The molecule has 0 aromatic rings. The van der Waals surface area contributed by atoms with Crippen molar-refractivity contribution in [2.24, 2.45) is 11.7 Å². The van der Waals surface area contributed by atoms with Crippen molar-refractivity contribution in [2.45, 2.75) is 45.2 Å². The van der Waals surface area contributed by atoms with Crippen molar-refractivity contribution in [3.63, 3.8) is 0 Å². The Morgan fingerprint density at radius 3 is 2.55 bits per heavy atom. The largest absolute Gasteiger partial charge is 0.368 e. The molecule has 1 aliphatic heterocycles. The summed E-state index contributed by atoms with van der Waals surface area (Å²) in [5.74, 6) is -0.896.